The molecule has 2 nitrogen and oxygen atoms in total. The van der Waals surface area contributed by atoms with Crippen LogP contribution in [-0.4, -0.2) is 19.2 Å². The first-order chi connectivity index (χ1) is 9.29. The molecular weight excluding hydrogens is 234 g/mol. The summed E-state index contributed by atoms with van der Waals surface area (Å²) in [6.45, 7) is 6.59. The van der Waals surface area contributed by atoms with E-state index in [1.807, 2.05) is 0 Å². The number of ether oxygens (including phenoxy) is 1. The van der Waals surface area contributed by atoms with Gasteiger partial charge in [0.15, 0.2) is 0 Å². The predicted molar refractivity (Wildman–Crippen MR) is 80.4 cm³/mol. The molecule has 0 spiro atoms. The SMILES string of the molecule is CCCCc1ccc(C(C)OC2CCNCC2)cc1. The van der Waals surface area contributed by atoms with Crippen molar-refractivity contribution in [3.8, 4) is 0 Å². The van der Waals surface area contributed by atoms with Gasteiger partial charge in [-0.3, -0.25) is 0 Å². The van der Waals surface area contributed by atoms with Gasteiger partial charge in [-0.1, -0.05) is 37.6 Å². The van der Waals surface area contributed by atoms with Crippen LogP contribution in [0.2, 0.25) is 0 Å². The van der Waals surface area contributed by atoms with E-state index in [2.05, 4.69) is 43.4 Å². The van der Waals surface area contributed by atoms with E-state index in [4.69, 9.17) is 4.74 Å². The number of unbranched alkanes of at least 4 members (excludes halogenated alkanes) is 1. The molecule has 0 saturated carbocycles. The standard InChI is InChI=1S/C17H27NO/c1-3-4-5-15-6-8-16(9-7-15)14(2)19-17-10-12-18-13-11-17/h6-9,14,17-18H,3-5,10-13H2,1-2H3. The minimum atomic E-state index is 0.211. The van der Waals surface area contributed by atoms with Gasteiger partial charge in [0.25, 0.3) is 0 Å². The summed E-state index contributed by atoms with van der Waals surface area (Å²) in [6, 6.07) is 8.98. The lowest BCUT2D eigenvalue weighted by molar-refractivity contribution is -0.0186. The second-order valence-corrected chi connectivity index (χ2v) is 5.57. The molecule has 1 fully saturated rings. The lowest BCUT2D eigenvalue weighted by atomic mass is 10.0. The number of rotatable bonds is 6. The van der Waals surface area contributed by atoms with E-state index in [1.54, 1.807) is 0 Å². The third-order valence-corrected chi connectivity index (χ3v) is 3.95. The van der Waals surface area contributed by atoms with E-state index in [9.17, 15) is 0 Å². The van der Waals surface area contributed by atoms with Gasteiger partial charge in [0.05, 0.1) is 12.2 Å². The van der Waals surface area contributed by atoms with E-state index in [1.165, 1.54) is 30.4 Å². The molecule has 1 unspecified atom stereocenters. The molecule has 0 radical (unpaired) electrons. The quantitative estimate of drug-likeness (QED) is 0.839. The van der Waals surface area contributed by atoms with Gasteiger partial charge in [0, 0.05) is 0 Å². The first-order valence-electron chi connectivity index (χ1n) is 7.74. The van der Waals surface area contributed by atoms with Crippen LogP contribution in [0.15, 0.2) is 24.3 Å². The number of hydrogen-bond donors (Lipinski definition) is 1. The fraction of sp³-hybridized carbons (Fsp3) is 0.647. The molecule has 1 saturated heterocycles. The Morgan fingerprint density at radius 2 is 1.89 bits per heavy atom. The summed E-state index contributed by atoms with van der Waals surface area (Å²) >= 11 is 0. The van der Waals surface area contributed by atoms with E-state index in [0.29, 0.717) is 6.10 Å². The van der Waals surface area contributed by atoms with Crippen molar-refractivity contribution in [1.82, 2.24) is 5.32 Å². The highest BCUT2D eigenvalue weighted by Crippen LogP contribution is 2.22. The summed E-state index contributed by atoms with van der Waals surface area (Å²) in [6.07, 6.45) is 6.65. The summed E-state index contributed by atoms with van der Waals surface area (Å²) in [5, 5.41) is 3.37. The minimum Gasteiger partial charge on any atom is -0.370 e. The molecule has 1 heterocycles. The van der Waals surface area contributed by atoms with Crippen LogP contribution in [0.4, 0.5) is 0 Å². The molecule has 0 amide bonds. The highest BCUT2D eigenvalue weighted by molar-refractivity contribution is 5.24. The van der Waals surface area contributed by atoms with Crippen LogP contribution in [0.1, 0.15) is 56.8 Å². The molecule has 1 atom stereocenters. The molecule has 1 N–H and O–H groups in total. The average molecular weight is 261 g/mol. The highest BCUT2D eigenvalue weighted by Gasteiger charge is 2.17. The molecule has 0 aromatic heterocycles. The van der Waals surface area contributed by atoms with E-state index < -0.39 is 0 Å². The summed E-state index contributed by atoms with van der Waals surface area (Å²) in [7, 11) is 0. The number of piperidine rings is 1. The Bertz CT molecular complexity index is 354. The van der Waals surface area contributed by atoms with E-state index >= 15 is 0 Å². The van der Waals surface area contributed by atoms with Crippen molar-refractivity contribution in [1.29, 1.82) is 0 Å². The van der Waals surface area contributed by atoms with Gasteiger partial charge in [-0.2, -0.15) is 0 Å². The van der Waals surface area contributed by atoms with Crippen LogP contribution in [0, 0.1) is 0 Å². The van der Waals surface area contributed by atoms with Gasteiger partial charge in [-0.05, 0) is 56.8 Å². The normalized spacial score (nSPS) is 18.4. The number of aryl methyl sites for hydroxylation is 1. The molecular formula is C17H27NO. The molecule has 1 aromatic rings. The van der Waals surface area contributed by atoms with E-state index in [-0.39, 0.29) is 6.10 Å². The van der Waals surface area contributed by atoms with Gasteiger partial charge < -0.3 is 10.1 Å². The van der Waals surface area contributed by atoms with Crippen molar-refractivity contribution in [3.63, 3.8) is 0 Å². The molecule has 19 heavy (non-hydrogen) atoms. The Morgan fingerprint density at radius 3 is 2.53 bits per heavy atom. The third-order valence-electron chi connectivity index (χ3n) is 3.95. The van der Waals surface area contributed by atoms with Crippen LogP contribution in [0.25, 0.3) is 0 Å². The van der Waals surface area contributed by atoms with Crippen molar-refractivity contribution in [2.75, 3.05) is 13.1 Å². The second kappa shape index (κ2) is 7.66. The lowest BCUT2D eigenvalue weighted by Gasteiger charge is -2.26. The van der Waals surface area contributed by atoms with Gasteiger partial charge in [-0.25, -0.2) is 0 Å². The molecule has 1 aromatic carbocycles. The molecule has 0 aliphatic carbocycles. The van der Waals surface area contributed by atoms with Gasteiger partial charge in [0.1, 0.15) is 0 Å². The van der Waals surface area contributed by atoms with Crippen LogP contribution >= 0.6 is 0 Å². The maximum Gasteiger partial charge on any atom is 0.0800 e. The summed E-state index contributed by atoms with van der Waals surface area (Å²) in [5.41, 5.74) is 2.75. The zero-order chi connectivity index (χ0) is 13.5. The molecule has 1 aliphatic rings. The lowest BCUT2D eigenvalue weighted by Crippen LogP contribution is -2.33. The number of benzene rings is 1. The summed E-state index contributed by atoms with van der Waals surface area (Å²) < 4.78 is 6.16. The van der Waals surface area contributed by atoms with Crippen molar-refractivity contribution >= 4 is 0 Å². The van der Waals surface area contributed by atoms with Gasteiger partial charge >= 0.3 is 0 Å². The van der Waals surface area contributed by atoms with Crippen LogP contribution in [0.5, 0.6) is 0 Å². The summed E-state index contributed by atoms with van der Waals surface area (Å²) in [4.78, 5) is 0. The largest absolute Gasteiger partial charge is 0.370 e. The van der Waals surface area contributed by atoms with Crippen molar-refractivity contribution in [3.05, 3.63) is 35.4 Å². The second-order valence-electron chi connectivity index (χ2n) is 5.57. The zero-order valence-electron chi connectivity index (χ0n) is 12.3. The predicted octanol–water partition coefficient (Wildman–Crippen LogP) is 3.86. The van der Waals surface area contributed by atoms with Gasteiger partial charge in [-0.15, -0.1) is 0 Å². The van der Waals surface area contributed by atoms with Crippen LogP contribution < -0.4 is 5.32 Å². The maximum absolute atomic E-state index is 6.16. The first kappa shape index (κ1) is 14.5. The monoisotopic (exact) mass is 261 g/mol. The number of nitrogens with one attached hydrogen (secondary N) is 1. The Kier molecular flexibility index (Phi) is 5.87. The van der Waals surface area contributed by atoms with Crippen LogP contribution in [0.3, 0.4) is 0 Å². The molecule has 2 rings (SSSR count). The molecule has 106 valence electrons. The fourth-order valence-electron chi connectivity index (χ4n) is 2.63. The van der Waals surface area contributed by atoms with Crippen molar-refractivity contribution in [2.24, 2.45) is 0 Å². The topological polar surface area (TPSA) is 21.3 Å². The minimum absolute atomic E-state index is 0.211. The molecule has 1 aliphatic heterocycles. The van der Waals surface area contributed by atoms with Crippen LogP contribution in [-0.2, 0) is 11.2 Å². The number of hydrogen-bond acceptors (Lipinski definition) is 2. The Balaban J connectivity index is 1.85. The Hall–Kier alpha value is -0.860. The molecule has 0 bridgehead atoms. The maximum atomic E-state index is 6.16. The summed E-state index contributed by atoms with van der Waals surface area (Å²) in [5.74, 6) is 0. The molecule has 2 heteroatoms. The third kappa shape index (κ3) is 4.63. The highest BCUT2D eigenvalue weighted by atomic mass is 16.5. The zero-order valence-corrected chi connectivity index (χ0v) is 12.3. The van der Waals surface area contributed by atoms with Crippen molar-refractivity contribution < 1.29 is 4.74 Å². The Labute approximate surface area is 117 Å². The van der Waals surface area contributed by atoms with Crippen molar-refractivity contribution in [2.45, 2.75) is 58.2 Å². The average Bonchev–Trinajstić information content (AvgIpc) is 2.46. The van der Waals surface area contributed by atoms with E-state index in [0.717, 1.165) is 25.9 Å². The van der Waals surface area contributed by atoms with Gasteiger partial charge in [0.2, 0.25) is 0 Å². The smallest absolute Gasteiger partial charge is 0.0800 e. The Morgan fingerprint density at radius 1 is 1.21 bits per heavy atom. The fourth-order valence-corrected chi connectivity index (χ4v) is 2.63. The first-order valence-corrected chi connectivity index (χ1v) is 7.74.